The number of nitrogens with zero attached hydrogens (tertiary/aromatic N) is 1. The van der Waals surface area contributed by atoms with Gasteiger partial charge in [0, 0.05) is 26.2 Å². The Bertz CT molecular complexity index is 965. The lowest BCUT2D eigenvalue weighted by atomic mass is 10.2. The number of halogens is 2. The van der Waals surface area contributed by atoms with Crippen molar-refractivity contribution in [1.29, 1.82) is 0 Å². The van der Waals surface area contributed by atoms with Crippen LogP contribution in [-0.4, -0.2) is 40.5 Å². The quantitative estimate of drug-likeness (QED) is 0.606. The molecule has 0 radical (unpaired) electrons. The van der Waals surface area contributed by atoms with Crippen molar-refractivity contribution >= 4 is 21.6 Å². The largest absolute Gasteiger partial charge is 0.372 e. The molecule has 158 valence electrons. The molecule has 0 bridgehead atoms. The zero-order valence-corrected chi connectivity index (χ0v) is 17.4. The smallest absolute Gasteiger partial charge is 0.254 e. The summed E-state index contributed by atoms with van der Waals surface area (Å²) >= 11 is 0. The van der Waals surface area contributed by atoms with Gasteiger partial charge in [-0.15, -0.1) is 0 Å². The Labute approximate surface area is 170 Å². The van der Waals surface area contributed by atoms with Crippen LogP contribution in [0.25, 0.3) is 0 Å². The molecule has 0 fully saturated rings. The Morgan fingerprint density at radius 2 is 1.79 bits per heavy atom. The summed E-state index contributed by atoms with van der Waals surface area (Å²) < 4.78 is 54.6. The van der Waals surface area contributed by atoms with Crippen LogP contribution in [0.5, 0.6) is 0 Å². The number of rotatable bonds is 9. The number of sulfonamides is 1. The van der Waals surface area contributed by atoms with Gasteiger partial charge in [0.2, 0.25) is 10.0 Å². The summed E-state index contributed by atoms with van der Waals surface area (Å²) in [7, 11) is -2.11. The minimum absolute atomic E-state index is 0.183. The van der Waals surface area contributed by atoms with E-state index in [2.05, 4.69) is 10.0 Å². The van der Waals surface area contributed by atoms with Gasteiger partial charge in [-0.25, -0.2) is 21.9 Å². The van der Waals surface area contributed by atoms with Crippen LogP contribution < -0.4 is 14.9 Å². The van der Waals surface area contributed by atoms with Crippen molar-refractivity contribution in [3.8, 4) is 0 Å². The number of anilines is 1. The molecule has 1 amide bonds. The third kappa shape index (κ3) is 6.23. The fourth-order valence-electron chi connectivity index (χ4n) is 2.72. The normalized spacial score (nSPS) is 11.5. The van der Waals surface area contributed by atoms with Gasteiger partial charge < -0.3 is 10.2 Å². The van der Waals surface area contributed by atoms with Crippen molar-refractivity contribution < 1.29 is 22.0 Å². The first-order valence-corrected chi connectivity index (χ1v) is 10.7. The Balaban J connectivity index is 1.97. The Hall–Kier alpha value is -2.52. The molecule has 0 aliphatic rings. The van der Waals surface area contributed by atoms with E-state index in [1.54, 1.807) is 44.0 Å². The molecule has 0 saturated heterocycles. The minimum Gasteiger partial charge on any atom is -0.372 e. The highest BCUT2D eigenvalue weighted by atomic mass is 32.2. The number of carbonyl (C=O) groups is 1. The average Bonchev–Trinajstić information content (AvgIpc) is 2.64. The topological polar surface area (TPSA) is 78.5 Å². The van der Waals surface area contributed by atoms with Crippen molar-refractivity contribution in [2.24, 2.45) is 0 Å². The molecule has 0 heterocycles. The van der Waals surface area contributed by atoms with Crippen molar-refractivity contribution in [2.45, 2.75) is 31.2 Å². The molecule has 0 aromatic heterocycles. The fourth-order valence-corrected chi connectivity index (χ4v) is 4.00. The first-order chi connectivity index (χ1) is 13.6. The fraction of sp³-hybridized carbons (Fsp3) is 0.350. The van der Waals surface area contributed by atoms with Gasteiger partial charge in [0.1, 0.15) is 11.6 Å². The highest BCUT2D eigenvalue weighted by Gasteiger charge is 2.20. The summed E-state index contributed by atoms with van der Waals surface area (Å²) in [5.74, 6) is -1.86. The molecule has 0 aliphatic heterocycles. The van der Waals surface area contributed by atoms with Crippen molar-refractivity contribution in [3.05, 3.63) is 59.7 Å². The van der Waals surface area contributed by atoms with E-state index < -0.39 is 21.7 Å². The van der Waals surface area contributed by atoms with Crippen molar-refractivity contribution in [1.82, 2.24) is 10.0 Å². The number of para-hydroxylation sites is 1. The van der Waals surface area contributed by atoms with E-state index in [1.165, 1.54) is 6.07 Å². The predicted octanol–water partition coefficient (Wildman–Crippen LogP) is 2.91. The molecular weight excluding hydrogens is 400 g/mol. The van der Waals surface area contributed by atoms with E-state index in [0.717, 1.165) is 18.2 Å². The third-order valence-electron chi connectivity index (χ3n) is 4.10. The lowest BCUT2D eigenvalue weighted by Gasteiger charge is -2.19. The molecular formula is C20H25F2N3O3S. The molecule has 0 spiro atoms. The lowest BCUT2D eigenvalue weighted by molar-refractivity contribution is 0.0949. The zero-order valence-electron chi connectivity index (χ0n) is 16.6. The first kappa shape index (κ1) is 22.8. The molecule has 0 unspecified atom stereocenters. The standard InChI is InChI=1S/C20H25F2N3O3S/c1-14(2)24-29(27,28)15-9-10-17(21)16(13-15)20(26)23-11-6-12-25(3)19-8-5-4-7-18(19)22/h4-5,7-10,13-14,24H,6,11-12H2,1-3H3,(H,23,26). The van der Waals surface area contributed by atoms with Gasteiger partial charge in [-0.1, -0.05) is 12.1 Å². The Kier molecular flexibility index (Phi) is 7.69. The van der Waals surface area contributed by atoms with Gasteiger partial charge in [-0.3, -0.25) is 4.79 Å². The van der Waals surface area contributed by atoms with Crippen LogP contribution in [0.3, 0.4) is 0 Å². The first-order valence-electron chi connectivity index (χ1n) is 9.17. The second kappa shape index (κ2) is 9.80. The molecule has 0 saturated carbocycles. The summed E-state index contributed by atoms with van der Waals surface area (Å²) in [6, 6.07) is 9.10. The monoisotopic (exact) mass is 425 g/mol. The highest BCUT2D eigenvalue weighted by molar-refractivity contribution is 7.89. The van der Waals surface area contributed by atoms with Crippen LogP contribution in [0, 0.1) is 11.6 Å². The number of hydrogen-bond acceptors (Lipinski definition) is 4. The third-order valence-corrected chi connectivity index (χ3v) is 5.76. The lowest BCUT2D eigenvalue weighted by Crippen LogP contribution is -2.31. The molecule has 6 nitrogen and oxygen atoms in total. The van der Waals surface area contributed by atoms with Crippen LogP contribution >= 0.6 is 0 Å². The van der Waals surface area contributed by atoms with Gasteiger partial charge in [-0.05, 0) is 50.6 Å². The number of carbonyl (C=O) groups excluding carboxylic acids is 1. The van der Waals surface area contributed by atoms with Crippen LogP contribution in [0.2, 0.25) is 0 Å². The van der Waals surface area contributed by atoms with E-state index in [1.807, 2.05) is 0 Å². The van der Waals surface area contributed by atoms with Gasteiger partial charge in [0.05, 0.1) is 16.1 Å². The molecule has 9 heteroatoms. The average molecular weight is 426 g/mol. The van der Waals surface area contributed by atoms with Crippen molar-refractivity contribution in [2.75, 3.05) is 25.0 Å². The number of amides is 1. The second-order valence-electron chi connectivity index (χ2n) is 6.90. The molecule has 2 rings (SSSR count). The second-order valence-corrected chi connectivity index (χ2v) is 8.61. The molecule has 2 N–H and O–H groups in total. The maximum Gasteiger partial charge on any atom is 0.254 e. The van der Waals surface area contributed by atoms with Crippen LogP contribution in [-0.2, 0) is 10.0 Å². The maximum atomic E-state index is 14.0. The van der Waals surface area contributed by atoms with Crippen molar-refractivity contribution in [3.63, 3.8) is 0 Å². The van der Waals surface area contributed by atoms with Crippen LogP contribution in [0.4, 0.5) is 14.5 Å². The minimum atomic E-state index is -3.84. The van der Waals surface area contributed by atoms with E-state index in [9.17, 15) is 22.0 Å². The number of hydrogen-bond donors (Lipinski definition) is 2. The Morgan fingerprint density at radius 3 is 2.45 bits per heavy atom. The van der Waals surface area contributed by atoms with E-state index >= 15 is 0 Å². The molecule has 2 aromatic rings. The van der Waals surface area contributed by atoms with Gasteiger partial charge in [0.15, 0.2) is 0 Å². The molecule has 0 aliphatic carbocycles. The van der Waals surface area contributed by atoms with E-state index in [4.69, 9.17) is 0 Å². The summed E-state index contributed by atoms with van der Waals surface area (Å²) in [5.41, 5.74) is 0.0968. The number of nitrogens with one attached hydrogen (secondary N) is 2. The van der Waals surface area contributed by atoms with Crippen LogP contribution in [0.1, 0.15) is 30.6 Å². The van der Waals surface area contributed by atoms with Gasteiger partial charge in [-0.2, -0.15) is 0 Å². The van der Waals surface area contributed by atoms with E-state index in [-0.39, 0.29) is 28.9 Å². The Morgan fingerprint density at radius 1 is 1.10 bits per heavy atom. The predicted molar refractivity (Wildman–Crippen MR) is 108 cm³/mol. The summed E-state index contributed by atoms with van der Waals surface area (Å²) in [6.07, 6.45) is 0.491. The van der Waals surface area contributed by atoms with Gasteiger partial charge in [0.25, 0.3) is 5.91 Å². The molecule has 2 aromatic carbocycles. The van der Waals surface area contributed by atoms with E-state index in [0.29, 0.717) is 18.7 Å². The van der Waals surface area contributed by atoms with Gasteiger partial charge >= 0.3 is 0 Å². The zero-order chi connectivity index (χ0) is 21.6. The molecule has 0 atom stereocenters. The SMILES string of the molecule is CC(C)NS(=O)(=O)c1ccc(F)c(C(=O)NCCCN(C)c2ccccc2F)c1. The molecule has 29 heavy (non-hydrogen) atoms. The summed E-state index contributed by atoms with van der Waals surface area (Å²) in [4.78, 5) is 13.8. The highest BCUT2D eigenvalue weighted by Crippen LogP contribution is 2.17. The maximum absolute atomic E-state index is 14.0. The number of benzene rings is 2. The summed E-state index contributed by atoms with van der Waals surface area (Å²) in [6.45, 7) is 4.01. The van der Waals surface area contributed by atoms with Crippen LogP contribution in [0.15, 0.2) is 47.4 Å². The summed E-state index contributed by atoms with van der Waals surface area (Å²) in [5, 5.41) is 2.57.